The highest BCUT2D eigenvalue weighted by atomic mass is 16.5. The summed E-state index contributed by atoms with van der Waals surface area (Å²) in [5.74, 6) is -5.69. The van der Waals surface area contributed by atoms with Gasteiger partial charge in [0.05, 0.1) is 32.2 Å². The summed E-state index contributed by atoms with van der Waals surface area (Å²) in [6.07, 6.45) is -0.803. The van der Waals surface area contributed by atoms with Crippen molar-refractivity contribution in [1.82, 2.24) is 5.32 Å². The third-order valence-corrected chi connectivity index (χ3v) is 8.09. The zero-order valence-corrected chi connectivity index (χ0v) is 24.0. The van der Waals surface area contributed by atoms with Crippen LogP contribution in [-0.4, -0.2) is 76.3 Å². The van der Waals surface area contributed by atoms with Crippen LogP contribution in [0.5, 0.6) is 11.5 Å². The first-order valence-electron chi connectivity index (χ1n) is 14.0. The Hall–Kier alpha value is -4.26. The van der Waals surface area contributed by atoms with E-state index in [2.05, 4.69) is 5.32 Å². The number of benzene rings is 2. The number of nitrogens with two attached hydrogens (primary N) is 1. The fourth-order valence-corrected chi connectivity index (χ4v) is 6.17. The maximum absolute atomic E-state index is 13.7. The van der Waals surface area contributed by atoms with E-state index in [1.165, 1.54) is 13.2 Å². The summed E-state index contributed by atoms with van der Waals surface area (Å²) in [5, 5.41) is 46.4. The number of amides is 1. The lowest BCUT2D eigenvalue weighted by Crippen LogP contribution is -2.59. The second kappa shape index (κ2) is 12.9. The van der Waals surface area contributed by atoms with E-state index in [0.717, 1.165) is 5.56 Å². The fourth-order valence-electron chi connectivity index (χ4n) is 6.17. The number of fused-ring (bicyclic) bond motifs is 2. The predicted molar refractivity (Wildman–Crippen MR) is 154 cm³/mol. The Bertz CT molecular complexity index is 1480. The van der Waals surface area contributed by atoms with Crippen LogP contribution >= 0.6 is 0 Å². The van der Waals surface area contributed by atoms with Crippen LogP contribution in [0.2, 0.25) is 0 Å². The van der Waals surface area contributed by atoms with Gasteiger partial charge in [-0.05, 0) is 67.0 Å². The maximum atomic E-state index is 13.7. The van der Waals surface area contributed by atoms with Crippen molar-refractivity contribution in [1.29, 1.82) is 0 Å². The van der Waals surface area contributed by atoms with Crippen molar-refractivity contribution >= 4 is 29.2 Å². The predicted octanol–water partition coefficient (Wildman–Crippen LogP) is 1.31. The largest absolute Gasteiger partial charge is 0.507 e. The molecule has 1 amide bonds. The molecule has 2 aliphatic carbocycles. The van der Waals surface area contributed by atoms with Gasteiger partial charge in [-0.25, -0.2) is 0 Å². The van der Waals surface area contributed by atoms with Gasteiger partial charge in [0.15, 0.2) is 11.4 Å². The highest BCUT2D eigenvalue weighted by Crippen LogP contribution is 2.51. The molecule has 0 bridgehead atoms. The molecule has 0 aromatic heterocycles. The lowest BCUT2D eigenvalue weighted by Gasteiger charge is -2.43. The molecule has 2 aromatic carbocycles. The zero-order valence-electron chi connectivity index (χ0n) is 24.0. The Morgan fingerprint density at radius 2 is 1.88 bits per heavy atom. The fraction of sp³-hybridized carbons (Fsp3) is 0.419. The van der Waals surface area contributed by atoms with Crippen LogP contribution in [0, 0.1) is 11.8 Å². The molecule has 1 saturated carbocycles. The molecular formula is C31H36N2O10. The van der Waals surface area contributed by atoms with Crippen LogP contribution in [0.3, 0.4) is 0 Å². The molecule has 0 heterocycles. The molecule has 0 radical (unpaired) electrons. The summed E-state index contributed by atoms with van der Waals surface area (Å²) in [6.45, 7) is 1.92. The Kier molecular flexibility index (Phi) is 9.53. The van der Waals surface area contributed by atoms with Gasteiger partial charge in [0, 0.05) is 30.2 Å². The lowest BCUT2D eigenvalue weighted by atomic mass is 9.61. The van der Waals surface area contributed by atoms with Gasteiger partial charge in [-0.1, -0.05) is 12.1 Å². The van der Waals surface area contributed by atoms with Gasteiger partial charge < -0.3 is 41.0 Å². The van der Waals surface area contributed by atoms with Gasteiger partial charge in [0.25, 0.3) is 0 Å². The SMILES string of the molecule is CCOC(=O)CNCc1ccc(OC)c(-c2ccc(O)c3c2C[C@H]2C[C@@H](CCO)[C@@](O)(C(=O)CC(N)=O)C(=O)C2=C3O)c1. The van der Waals surface area contributed by atoms with Crippen LogP contribution < -0.4 is 15.8 Å². The lowest BCUT2D eigenvalue weighted by molar-refractivity contribution is -0.160. The summed E-state index contributed by atoms with van der Waals surface area (Å²) >= 11 is 0. The molecular weight excluding hydrogens is 560 g/mol. The van der Waals surface area contributed by atoms with E-state index in [4.69, 9.17) is 15.2 Å². The van der Waals surface area contributed by atoms with Crippen molar-refractivity contribution in [3.8, 4) is 22.6 Å². The number of ketones is 2. The molecule has 0 saturated heterocycles. The molecule has 4 rings (SSSR count). The minimum Gasteiger partial charge on any atom is -0.507 e. The molecule has 43 heavy (non-hydrogen) atoms. The summed E-state index contributed by atoms with van der Waals surface area (Å²) in [5.41, 5.74) is 4.83. The summed E-state index contributed by atoms with van der Waals surface area (Å²) in [7, 11) is 1.50. The summed E-state index contributed by atoms with van der Waals surface area (Å²) < 4.78 is 10.6. The maximum Gasteiger partial charge on any atom is 0.319 e. The number of phenolic OH excluding ortho intramolecular Hbond substituents is 1. The van der Waals surface area contributed by atoms with E-state index >= 15 is 0 Å². The van der Waals surface area contributed by atoms with E-state index in [1.807, 2.05) is 12.1 Å². The standard InChI is InChI=1S/C31H36N2O10/c1-3-43-26(38)15-33-14-16-4-7-23(42-2)20(10-16)19-5-6-22(35)28-21(19)12-17-11-18(8-9-34)31(41,24(36)13-25(32)37)30(40)27(17)29(28)39/h4-7,10,17-18,33-35,39,41H,3,8-9,11-15H2,1-2H3,(H2,32,37)/t17-,18-,31-/m1/s1. The van der Waals surface area contributed by atoms with Crippen LogP contribution in [0.1, 0.15) is 42.9 Å². The number of Topliss-reactive ketones (excluding diaryl/α,β-unsaturated/α-hetero) is 2. The minimum atomic E-state index is -2.67. The van der Waals surface area contributed by atoms with E-state index in [9.17, 15) is 39.6 Å². The molecule has 12 heteroatoms. The first-order valence-corrected chi connectivity index (χ1v) is 14.0. The van der Waals surface area contributed by atoms with Gasteiger partial charge in [0.2, 0.25) is 11.7 Å². The minimum absolute atomic E-state index is 0.0181. The van der Waals surface area contributed by atoms with Crippen molar-refractivity contribution in [2.24, 2.45) is 17.6 Å². The summed E-state index contributed by atoms with van der Waals surface area (Å²) in [6, 6.07) is 8.46. The van der Waals surface area contributed by atoms with Crippen LogP contribution in [0.15, 0.2) is 35.9 Å². The van der Waals surface area contributed by atoms with Crippen LogP contribution in [0.25, 0.3) is 16.9 Å². The molecule has 0 unspecified atom stereocenters. The number of carbonyl (C=O) groups excluding carboxylic acids is 4. The first kappa shape index (κ1) is 31.7. The monoisotopic (exact) mass is 596 g/mol. The zero-order chi connectivity index (χ0) is 31.5. The normalized spacial score (nSPS) is 21.2. The van der Waals surface area contributed by atoms with Crippen molar-refractivity contribution in [3.63, 3.8) is 0 Å². The smallest absolute Gasteiger partial charge is 0.319 e. The number of methoxy groups -OCH3 is 1. The van der Waals surface area contributed by atoms with E-state index in [0.29, 0.717) is 29.0 Å². The summed E-state index contributed by atoms with van der Waals surface area (Å²) in [4.78, 5) is 49.9. The Balaban J connectivity index is 1.80. The topological polar surface area (TPSA) is 206 Å². The number of nitrogens with one attached hydrogen (secondary N) is 1. The molecule has 7 N–H and O–H groups in total. The number of hydrogen-bond donors (Lipinski definition) is 6. The molecule has 0 aliphatic heterocycles. The number of aromatic hydroxyl groups is 1. The first-order chi connectivity index (χ1) is 20.5. The molecule has 230 valence electrons. The number of phenols is 1. The number of hydrogen-bond acceptors (Lipinski definition) is 11. The highest BCUT2D eigenvalue weighted by Gasteiger charge is 2.57. The van der Waals surface area contributed by atoms with Gasteiger partial charge in [-0.15, -0.1) is 0 Å². The van der Waals surface area contributed by atoms with Gasteiger partial charge in [0.1, 0.15) is 17.3 Å². The molecule has 2 aromatic rings. The van der Waals surface area contributed by atoms with E-state index in [-0.39, 0.29) is 55.3 Å². The third kappa shape index (κ3) is 5.99. The third-order valence-electron chi connectivity index (χ3n) is 8.09. The number of ether oxygens (including phenoxy) is 2. The van der Waals surface area contributed by atoms with Gasteiger partial charge >= 0.3 is 5.97 Å². The van der Waals surface area contributed by atoms with Crippen LogP contribution in [-0.2, 0) is 36.9 Å². The highest BCUT2D eigenvalue weighted by molar-refractivity contribution is 6.23. The average molecular weight is 597 g/mol. The van der Waals surface area contributed by atoms with Gasteiger partial charge in [-0.3, -0.25) is 19.2 Å². The quantitative estimate of drug-likeness (QED) is 0.152. The average Bonchev–Trinajstić information content (AvgIpc) is 2.95. The molecule has 1 fully saturated rings. The van der Waals surface area contributed by atoms with Crippen molar-refractivity contribution < 1.29 is 49.1 Å². The molecule has 12 nitrogen and oxygen atoms in total. The Morgan fingerprint density at radius 3 is 2.53 bits per heavy atom. The van der Waals surface area contributed by atoms with Crippen molar-refractivity contribution in [2.75, 3.05) is 26.9 Å². The Labute approximate surface area is 248 Å². The molecule has 2 aliphatic rings. The Morgan fingerprint density at radius 1 is 1.14 bits per heavy atom. The van der Waals surface area contributed by atoms with Crippen LogP contribution in [0.4, 0.5) is 0 Å². The second-order valence-corrected chi connectivity index (χ2v) is 10.7. The molecule has 0 spiro atoms. The number of esters is 1. The number of carbonyl (C=O) groups is 4. The van der Waals surface area contributed by atoms with Crippen molar-refractivity contribution in [3.05, 3.63) is 52.6 Å². The number of primary amides is 1. The molecule has 3 atom stereocenters. The number of aliphatic hydroxyl groups is 3. The van der Waals surface area contributed by atoms with Crippen molar-refractivity contribution in [2.45, 2.75) is 44.8 Å². The van der Waals surface area contributed by atoms with Gasteiger partial charge in [-0.2, -0.15) is 0 Å². The number of rotatable bonds is 12. The van der Waals surface area contributed by atoms with E-state index in [1.54, 1.807) is 19.1 Å². The van der Waals surface area contributed by atoms with E-state index < -0.39 is 53.7 Å². The number of aliphatic hydroxyl groups excluding tert-OH is 2. The second-order valence-electron chi connectivity index (χ2n) is 10.7.